The van der Waals surface area contributed by atoms with Crippen LogP contribution in [0.5, 0.6) is 5.75 Å². The lowest BCUT2D eigenvalue weighted by molar-refractivity contribution is -0.275. The van der Waals surface area contributed by atoms with E-state index < -0.39 is 58.9 Å². The number of aromatic nitrogens is 1. The Morgan fingerprint density at radius 3 is 2.46 bits per heavy atom. The molecule has 2 fully saturated rings. The standard InChI is InChI=1S/C24H23F5N2O4/c1-11(32)16-10-13(8-9-30-16)31-22(33)21-17(14-6-7-15(25)19(26)20(14)34-3)18(12-4-5-12)23(2,35-21)24(27,28)29/h6-10,12,17-18,21H,4-5H2,1-3H3,(H,30,31,33)/t17-,18+,21-,23-/m0/s1. The molecule has 1 aliphatic carbocycles. The number of rotatable bonds is 6. The van der Waals surface area contributed by atoms with Gasteiger partial charge in [0.2, 0.25) is 5.82 Å². The minimum Gasteiger partial charge on any atom is -0.493 e. The zero-order chi connectivity index (χ0) is 25.7. The van der Waals surface area contributed by atoms with Gasteiger partial charge in [0.25, 0.3) is 5.91 Å². The summed E-state index contributed by atoms with van der Waals surface area (Å²) in [6, 6.07) is 4.57. The number of pyridine rings is 1. The molecule has 2 aromatic rings. The topological polar surface area (TPSA) is 77.5 Å². The molecule has 4 atom stereocenters. The van der Waals surface area contributed by atoms with Gasteiger partial charge in [-0.1, -0.05) is 6.07 Å². The molecule has 1 aromatic heterocycles. The summed E-state index contributed by atoms with van der Waals surface area (Å²) in [4.78, 5) is 28.8. The van der Waals surface area contributed by atoms with Crippen LogP contribution in [0.15, 0.2) is 30.5 Å². The summed E-state index contributed by atoms with van der Waals surface area (Å²) in [5, 5.41) is 2.48. The van der Waals surface area contributed by atoms with Crippen LogP contribution in [0.2, 0.25) is 0 Å². The fraction of sp³-hybridized carbons (Fsp3) is 0.458. The highest BCUT2D eigenvalue weighted by Gasteiger charge is 2.70. The number of hydrogen-bond acceptors (Lipinski definition) is 5. The van der Waals surface area contributed by atoms with Gasteiger partial charge in [0.15, 0.2) is 23.0 Å². The molecule has 0 radical (unpaired) electrons. The van der Waals surface area contributed by atoms with Gasteiger partial charge < -0.3 is 14.8 Å². The Kier molecular flexibility index (Phi) is 6.33. The molecule has 1 saturated heterocycles. The number of carbonyl (C=O) groups excluding carboxylic acids is 2. The zero-order valence-electron chi connectivity index (χ0n) is 19.1. The Hall–Kier alpha value is -3.08. The van der Waals surface area contributed by atoms with E-state index in [1.165, 1.54) is 25.3 Å². The normalized spacial score (nSPS) is 26.5. The van der Waals surface area contributed by atoms with Crippen LogP contribution in [0.3, 0.4) is 0 Å². The van der Waals surface area contributed by atoms with Crippen LogP contribution in [0.25, 0.3) is 0 Å². The van der Waals surface area contributed by atoms with Gasteiger partial charge in [-0.25, -0.2) is 4.39 Å². The van der Waals surface area contributed by atoms with E-state index in [1.807, 2.05) is 0 Å². The number of amides is 1. The first-order valence-electron chi connectivity index (χ1n) is 10.9. The third-order valence-corrected chi connectivity index (χ3v) is 6.70. The Morgan fingerprint density at radius 1 is 1.20 bits per heavy atom. The van der Waals surface area contributed by atoms with Crippen LogP contribution in [-0.2, 0) is 9.53 Å². The van der Waals surface area contributed by atoms with E-state index in [-0.39, 0.29) is 22.7 Å². The number of nitrogens with one attached hydrogen (secondary N) is 1. The first kappa shape index (κ1) is 25.0. The van der Waals surface area contributed by atoms with Crippen molar-refractivity contribution in [2.75, 3.05) is 12.4 Å². The minimum atomic E-state index is -4.85. The van der Waals surface area contributed by atoms with E-state index in [0.29, 0.717) is 12.8 Å². The third-order valence-electron chi connectivity index (χ3n) is 6.70. The molecule has 188 valence electrons. The second-order valence-electron chi connectivity index (χ2n) is 8.99. The first-order valence-corrected chi connectivity index (χ1v) is 10.9. The quantitative estimate of drug-likeness (QED) is 0.446. The predicted molar refractivity (Wildman–Crippen MR) is 114 cm³/mol. The average molecular weight is 498 g/mol. The van der Waals surface area contributed by atoms with Crippen molar-refractivity contribution in [3.63, 3.8) is 0 Å². The van der Waals surface area contributed by atoms with E-state index in [1.54, 1.807) is 0 Å². The van der Waals surface area contributed by atoms with Gasteiger partial charge in [-0.2, -0.15) is 17.6 Å². The number of ether oxygens (including phenoxy) is 2. The first-order chi connectivity index (χ1) is 16.4. The molecule has 1 N–H and O–H groups in total. The molecule has 0 bridgehead atoms. The predicted octanol–water partition coefficient (Wildman–Crippen LogP) is 5.04. The highest BCUT2D eigenvalue weighted by atomic mass is 19.4. The van der Waals surface area contributed by atoms with Gasteiger partial charge in [0.05, 0.1) is 7.11 Å². The maximum absolute atomic E-state index is 14.6. The number of ketones is 1. The van der Waals surface area contributed by atoms with Crippen molar-refractivity contribution in [1.82, 2.24) is 4.98 Å². The summed E-state index contributed by atoms with van der Waals surface area (Å²) in [7, 11) is 1.07. The Balaban J connectivity index is 1.81. The largest absolute Gasteiger partial charge is 0.493 e. The molecular formula is C24H23F5N2O4. The fourth-order valence-electron chi connectivity index (χ4n) is 4.90. The van der Waals surface area contributed by atoms with Crippen LogP contribution >= 0.6 is 0 Å². The number of alkyl halides is 3. The summed E-state index contributed by atoms with van der Waals surface area (Å²) < 4.78 is 82.0. The summed E-state index contributed by atoms with van der Waals surface area (Å²) in [5.74, 6) is -7.44. The Labute approximate surface area is 197 Å². The van der Waals surface area contributed by atoms with Gasteiger partial charge in [-0.3, -0.25) is 14.6 Å². The number of halogens is 5. The van der Waals surface area contributed by atoms with E-state index >= 15 is 0 Å². The average Bonchev–Trinajstić information content (AvgIpc) is 3.57. The third kappa shape index (κ3) is 4.37. The lowest BCUT2D eigenvalue weighted by Crippen LogP contribution is -2.49. The number of methoxy groups -OCH3 is 1. The Bertz CT molecular complexity index is 1170. The molecule has 1 aromatic carbocycles. The van der Waals surface area contributed by atoms with Crippen molar-refractivity contribution < 1.29 is 41.0 Å². The zero-order valence-corrected chi connectivity index (χ0v) is 19.1. The molecule has 0 unspecified atom stereocenters. The Morgan fingerprint density at radius 2 is 1.89 bits per heavy atom. The number of carbonyl (C=O) groups is 2. The number of nitrogens with zero attached hydrogens (tertiary/aromatic N) is 1. The van der Waals surface area contributed by atoms with Crippen LogP contribution in [0, 0.1) is 23.5 Å². The molecule has 6 nitrogen and oxygen atoms in total. The molecular weight excluding hydrogens is 475 g/mol. The number of hydrogen-bond donors (Lipinski definition) is 1. The molecule has 1 amide bonds. The highest BCUT2D eigenvalue weighted by molar-refractivity contribution is 5.97. The highest BCUT2D eigenvalue weighted by Crippen LogP contribution is 2.62. The fourth-order valence-corrected chi connectivity index (χ4v) is 4.90. The molecule has 1 aliphatic heterocycles. The maximum atomic E-state index is 14.6. The summed E-state index contributed by atoms with van der Waals surface area (Å²) in [6.45, 7) is 2.15. The van der Waals surface area contributed by atoms with Crippen LogP contribution in [0.1, 0.15) is 48.7 Å². The second-order valence-corrected chi connectivity index (χ2v) is 8.99. The molecule has 2 heterocycles. The van der Waals surface area contributed by atoms with Gasteiger partial charge in [0, 0.05) is 36.2 Å². The summed E-state index contributed by atoms with van der Waals surface area (Å²) in [5.41, 5.74) is -2.64. The lowest BCUT2D eigenvalue weighted by atomic mass is 9.73. The van der Waals surface area contributed by atoms with Gasteiger partial charge in [-0.05, 0) is 43.9 Å². The molecule has 1 saturated carbocycles. The van der Waals surface area contributed by atoms with E-state index in [0.717, 1.165) is 26.2 Å². The SMILES string of the molecule is COc1c([C@@H]2[C@@H](C(=O)Nc3ccnc(C(C)=O)c3)O[C@](C)(C(F)(F)F)[C@@H]2C2CC2)ccc(F)c1F. The van der Waals surface area contributed by atoms with Gasteiger partial charge in [0.1, 0.15) is 11.8 Å². The monoisotopic (exact) mass is 498 g/mol. The van der Waals surface area contributed by atoms with Crippen molar-refractivity contribution in [3.05, 3.63) is 53.4 Å². The van der Waals surface area contributed by atoms with Crippen LogP contribution in [0.4, 0.5) is 27.6 Å². The van der Waals surface area contributed by atoms with Crippen LogP contribution in [-0.4, -0.2) is 41.7 Å². The van der Waals surface area contributed by atoms with Gasteiger partial charge >= 0.3 is 6.18 Å². The number of anilines is 1. The van der Waals surface area contributed by atoms with E-state index in [9.17, 15) is 31.5 Å². The van der Waals surface area contributed by atoms with Crippen molar-refractivity contribution in [3.8, 4) is 5.75 Å². The van der Waals surface area contributed by atoms with Crippen molar-refractivity contribution >= 4 is 17.4 Å². The molecule has 4 rings (SSSR count). The molecule has 2 aliphatic rings. The van der Waals surface area contributed by atoms with Crippen molar-refractivity contribution in [2.45, 2.75) is 50.5 Å². The molecule has 35 heavy (non-hydrogen) atoms. The van der Waals surface area contributed by atoms with Crippen molar-refractivity contribution in [2.24, 2.45) is 11.8 Å². The minimum absolute atomic E-state index is 0.0463. The van der Waals surface area contributed by atoms with Gasteiger partial charge in [-0.15, -0.1) is 0 Å². The smallest absolute Gasteiger partial charge is 0.417 e. The second kappa shape index (κ2) is 8.85. The molecule has 11 heteroatoms. The summed E-state index contributed by atoms with van der Waals surface area (Å²) >= 11 is 0. The van der Waals surface area contributed by atoms with Crippen LogP contribution < -0.4 is 10.1 Å². The lowest BCUT2D eigenvalue weighted by Gasteiger charge is -2.34. The summed E-state index contributed by atoms with van der Waals surface area (Å²) in [6.07, 6.45) is -4.34. The van der Waals surface area contributed by atoms with Crippen molar-refractivity contribution in [1.29, 1.82) is 0 Å². The molecule has 0 spiro atoms. The maximum Gasteiger partial charge on any atom is 0.417 e. The number of Topliss-reactive ketones (excluding diaryl/α,β-unsaturated/α-hetero) is 1. The van der Waals surface area contributed by atoms with E-state index in [4.69, 9.17) is 9.47 Å². The van der Waals surface area contributed by atoms with E-state index in [2.05, 4.69) is 10.3 Å². The number of benzene rings is 1.